The quantitative estimate of drug-likeness (QED) is 0.593. The van der Waals surface area contributed by atoms with Crippen LogP contribution in [0.1, 0.15) is 5.56 Å². The Kier molecular flexibility index (Phi) is 1.55. The van der Waals surface area contributed by atoms with Crippen molar-refractivity contribution in [2.45, 2.75) is 5.88 Å². The Morgan fingerprint density at radius 2 is 2.36 bits per heavy atom. The van der Waals surface area contributed by atoms with Crippen LogP contribution in [0.3, 0.4) is 0 Å². The SMILES string of the molecule is ClCc1ccn2nccc2c1. The van der Waals surface area contributed by atoms with E-state index >= 15 is 0 Å². The van der Waals surface area contributed by atoms with Gasteiger partial charge < -0.3 is 0 Å². The molecule has 0 saturated carbocycles. The summed E-state index contributed by atoms with van der Waals surface area (Å²) < 4.78 is 1.82. The molecule has 2 nitrogen and oxygen atoms in total. The van der Waals surface area contributed by atoms with E-state index in [0.717, 1.165) is 11.1 Å². The molecule has 0 aliphatic carbocycles. The summed E-state index contributed by atoms with van der Waals surface area (Å²) in [6.45, 7) is 0. The van der Waals surface area contributed by atoms with Gasteiger partial charge >= 0.3 is 0 Å². The van der Waals surface area contributed by atoms with Crippen LogP contribution < -0.4 is 0 Å². The molecule has 56 valence electrons. The van der Waals surface area contributed by atoms with Gasteiger partial charge in [-0.25, -0.2) is 4.52 Å². The standard InChI is InChI=1S/C8H7ClN2/c9-6-7-2-4-11-8(5-7)1-3-10-11/h1-5H,6H2. The number of fused-ring (bicyclic) bond motifs is 1. The molecule has 0 atom stereocenters. The summed E-state index contributed by atoms with van der Waals surface area (Å²) in [7, 11) is 0. The van der Waals surface area contributed by atoms with Crippen LogP contribution in [0.2, 0.25) is 0 Å². The number of hydrogen-bond donors (Lipinski definition) is 0. The minimum atomic E-state index is 0.557. The maximum atomic E-state index is 5.66. The maximum Gasteiger partial charge on any atom is 0.0664 e. The van der Waals surface area contributed by atoms with Gasteiger partial charge in [0.05, 0.1) is 5.52 Å². The highest BCUT2D eigenvalue weighted by atomic mass is 35.5. The van der Waals surface area contributed by atoms with E-state index in [1.54, 1.807) is 6.20 Å². The van der Waals surface area contributed by atoms with Crippen molar-refractivity contribution in [1.29, 1.82) is 0 Å². The van der Waals surface area contributed by atoms with Gasteiger partial charge in [0.25, 0.3) is 0 Å². The van der Waals surface area contributed by atoms with E-state index in [4.69, 9.17) is 11.6 Å². The van der Waals surface area contributed by atoms with Gasteiger partial charge in [0, 0.05) is 18.3 Å². The van der Waals surface area contributed by atoms with Crippen LogP contribution in [0.15, 0.2) is 30.6 Å². The minimum Gasteiger partial charge on any atom is -0.241 e. The molecule has 0 N–H and O–H groups in total. The lowest BCUT2D eigenvalue weighted by Gasteiger charge is -1.95. The molecule has 0 saturated heterocycles. The zero-order valence-corrected chi connectivity index (χ0v) is 6.62. The fourth-order valence-corrected chi connectivity index (χ4v) is 1.22. The smallest absolute Gasteiger partial charge is 0.0664 e. The van der Waals surface area contributed by atoms with Crippen molar-refractivity contribution in [3.8, 4) is 0 Å². The molecule has 0 amide bonds. The summed E-state index contributed by atoms with van der Waals surface area (Å²) in [5, 5.41) is 4.07. The molecule has 0 spiro atoms. The molecule has 2 aromatic rings. The highest BCUT2D eigenvalue weighted by Crippen LogP contribution is 2.07. The summed E-state index contributed by atoms with van der Waals surface area (Å²) in [5.41, 5.74) is 2.21. The van der Waals surface area contributed by atoms with Crippen molar-refractivity contribution in [2.75, 3.05) is 0 Å². The highest BCUT2D eigenvalue weighted by Gasteiger charge is 1.93. The predicted molar refractivity (Wildman–Crippen MR) is 44.7 cm³/mol. The van der Waals surface area contributed by atoms with Crippen LogP contribution in [-0.4, -0.2) is 9.61 Å². The molecule has 0 bridgehead atoms. The molecular weight excluding hydrogens is 160 g/mol. The first kappa shape index (κ1) is 6.68. The van der Waals surface area contributed by atoms with Gasteiger partial charge in [0.15, 0.2) is 0 Å². The number of alkyl halides is 1. The molecule has 0 aliphatic rings. The van der Waals surface area contributed by atoms with Crippen LogP contribution in [0.4, 0.5) is 0 Å². The number of pyridine rings is 1. The lowest BCUT2D eigenvalue weighted by Crippen LogP contribution is -1.86. The first-order chi connectivity index (χ1) is 5.40. The Morgan fingerprint density at radius 1 is 1.45 bits per heavy atom. The number of halogens is 1. The average Bonchev–Trinajstić information content (AvgIpc) is 2.50. The Hall–Kier alpha value is -1.02. The molecule has 0 radical (unpaired) electrons. The van der Waals surface area contributed by atoms with E-state index in [-0.39, 0.29) is 0 Å². The summed E-state index contributed by atoms with van der Waals surface area (Å²) in [6, 6.07) is 5.95. The first-order valence-electron chi connectivity index (χ1n) is 3.38. The third-order valence-corrected chi connectivity index (χ3v) is 1.93. The Bertz CT molecular complexity index is 367. The Balaban J connectivity index is 2.67. The van der Waals surface area contributed by atoms with Crippen molar-refractivity contribution in [1.82, 2.24) is 9.61 Å². The van der Waals surface area contributed by atoms with Crippen LogP contribution >= 0.6 is 11.6 Å². The fourth-order valence-electron chi connectivity index (χ4n) is 1.05. The second-order valence-electron chi connectivity index (χ2n) is 2.37. The van der Waals surface area contributed by atoms with E-state index in [1.165, 1.54) is 0 Å². The molecule has 0 unspecified atom stereocenters. The molecule has 11 heavy (non-hydrogen) atoms. The van der Waals surface area contributed by atoms with E-state index in [2.05, 4.69) is 5.10 Å². The van der Waals surface area contributed by atoms with Crippen molar-refractivity contribution >= 4 is 17.1 Å². The number of aromatic nitrogens is 2. The molecular formula is C8H7ClN2. The van der Waals surface area contributed by atoms with Gasteiger partial charge in [-0.2, -0.15) is 5.10 Å². The van der Waals surface area contributed by atoms with Crippen LogP contribution in [0.5, 0.6) is 0 Å². The fraction of sp³-hybridized carbons (Fsp3) is 0.125. The third kappa shape index (κ3) is 1.10. The van der Waals surface area contributed by atoms with Crippen molar-refractivity contribution < 1.29 is 0 Å². The van der Waals surface area contributed by atoms with Gasteiger partial charge in [0.1, 0.15) is 0 Å². The number of nitrogens with zero attached hydrogens (tertiary/aromatic N) is 2. The van der Waals surface area contributed by atoms with Crippen LogP contribution in [0, 0.1) is 0 Å². The molecule has 0 fully saturated rings. The van der Waals surface area contributed by atoms with Gasteiger partial charge in [-0.1, -0.05) is 0 Å². The molecule has 2 aromatic heterocycles. The van der Waals surface area contributed by atoms with Gasteiger partial charge in [0.2, 0.25) is 0 Å². The van der Waals surface area contributed by atoms with Gasteiger partial charge in [-0.15, -0.1) is 11.6 Å². The third-order valence-electron chi connectivity index (χ3n) is 1.62. The van der Waals surface area contributed by atoms with E-state index in [1.807, 2.05) is 28.9 Å². The Morgan fingerprint density at radius 3 is 3.18 bits per heavy atom. The second kappa shape index (κ2) is 2.55. The molecule has 2 heterocycles. The molecule has 2 rings (SSSR count). The van der Waals surface area contributed by atoms with E-state index in [0.29, 0.717) is 5.88 Å². The van der Waals surface area contributed by atoms with E-state index in [9.17, 15) is 0 Å². The monoisotopic (exact) mass is 166 g/mol. The number of rotatable bonds is 1. The van der Waals surface area contributed by atoms with Crippen molar-refractivity contribution in [3.63, 3.8) is 0 Å². The Labute approximate surface area is 69.4 Å². The predicted octanol–water partition coefficient (Wildman–Crippen LogP) is 2.07. The van der Waals surface area contributed by atoms with E-state index < -0.39 is 0 Å². The lowest BCUT2D eigenvalue weighted by molar-refractivity contribution is 0.957. The zero-order chi connectivity index (χ0) is 7.68. The van der Waals surface area contributed by atoms with Gasteiger partial charge in [-0.05, 0) is 23.8 Å². The van der Waals surface area contributed by atoms with Crippen molar-refractivity contribution in [2.24, 2.45) is 0 Å². The molecule has 0 aromatic carbocycles. The van der Waals surface area contributed by atoms with Crippen LogP contribution in [0.25, 0.3) is 5.52 Å². The maximum absolute atomic E-state index is 5.66. The average molecular weight is 167 g/mol. The van der Waals surface area contributed by atoms with Crippen molar-refractivity contribution in [3.05, 3.63) is 36.2 Å². The normalized spacial score (nSPS) is 10.6. The summed E-state index contributed by atoms with van der Waals surface area (Å²) in [5.74, 6) is 0.557. The highest BCUT2D eigenvalue weighted by molar-refractivity contribution is 6.17. The number of hydrogen-bond acceptors (Lipinski definition) is 1. The zero-order valence-electron chi connectivity index (χ0n) is 5.87. The minimum absolute atomic E-state index is 0.557. The van der Waals surface area contributed by atoms with Gasteiger partial charge in [-0.3, -0.25) is 0 Å². The lowest BCUT2D eigenvalue weighted by atomic mass is 10.3. The molecule has 3 heteroatoms. The summed E-state index contributed by atoms with van der Waals surface area (Å²) in [6.07, 6.45) is 3.68. The van der Waals surface area contributed by atoms with Crippen LogP contribution in [-0.2, 0) is 5.88 Å². The second-order valence-corrected chi connectivity index (χ2v) is 2.64. The molecule has 0 aliphatic heterocycles. The largest absolute Gasteiger partial charge is 0.241 e. The summed E-state index contributed by atoms with van der Waals surface area (Å²) in [4.78, 5) is 0. The first-order valence-corrected chi connectivity index (χ1v) is 3.92. The summed E-state index contributed by atoms with van der Waals surface area (Å²) >= 11 is 5.66. The topological polar surface area (TPSA) is 17.3 Å².